The fourth-order valence-corrected chi connectivity index (χ4v) is 1.54. The molecule has 98 valence electrons. The summed E-state index contributed by atoms with van der Waals surface area (Å²) in [6.45, 7) is 6.28. The first-order valence-corrected chi connectivity index (χ1v) is 5.62. The molecule has 1 fully saturated rings. The Morgan fingerprint density at radius 3 is 2.47 bits per heavy atom. The van der Waals surface area contributed by atoms with Gasteiger partial charge in [0.1, 0.15) is 5.60 Å². The summed E-state index contributed by atoms with van der Waals surface area (Å²) < 4.78 is 10.6. The predicted molar refractivity (Wildman–Crippen MR) is 61.5 cm³/mol. The molecule has 0 aromatic heterocycles. The van der Waals surface area contributed by atoms with Gasteiger partial charge in [-0.25, -0.2) is 4.79 Å². The van der Waals surface area contributed by atoms with Gasteiger partial charge in [0.05, 0.1) is 6.61 Å². The van der Waals surface area contributed by atoms with Crippen LogP contribution in [-0.4, -0.2) is 49.8 Å². The molecule has 0 bridgehead atoms. The molecule has 1 saturated heterocycles. The SMILES string of the molecule is CNC(=O)C1(C(=O)OC(C)(C)C)CNCCO1. The van der Waals surface area contributed by atoms with Gasteiger partial charge >= 0.3 is 5.97 Å². The summed E-state index contributed by atoms with van der Waals surface area (Å²) in [5.74, 6) is -1.14. The van der Waals surface area contributed by atoms with E-state index < -0.39 is 23.1 Å². The highest BCUT2D eigenvalue weighted by Gasteiger charge is 2.50. The second kappa shape index (κ2) is 5.01. The molecule has 2 N–H and O–H groups in total. The number of carbonyl (C=O) groups is 2. The minimum atomic E-state index is -1.57. The normalized spacial score (nSPS) is 25.2. The third-order valence-corrected chi connectivity index (χ3v) is 2.32. The molecule has 1 aliphatic heterocycles. The van der Waals surface area contributed by atoms with Crippen molar-refractivity contribution in [3.63, 3.8) is 0 Å². The number of nitrogens with one attached hydrogen (secondary N) is 2. The largest absolute Gasteiger partial charge is 0.457 e. The van der Waals surface area contributed by atoms with E-state index >= 15 is 0 Å². The lowest BCUT2D eigenvalue weighted by Crippen LogP contribution is -2.64. The number of carbonyl (C=O) groups excluding carboxylic acids is 2. The highest BCUT2D eigenvalue weighted by molar-refractivity contribution is 6.06. The summed E-state index contributed by atoms with van der Waals surface area (Å²) in [6.07, 6.45) is 0. The lowest BCUT2D eigenvalue weighted by Gasteiger charge is -2.35. The molecule has 1 heterocycles. The Morgan fingerprint density at radius 2 is 2.06 bits per heavy atom. The average Bonchev–Trinajstić information content (AvgIpc) is 2.26. The molecule has 0 aliphatic carbocycles. The van der Waals surface area contributed by atoms with E-state index in [2.05, 4.69) is 10.6 Å². The Morgan fingerprint density at radius 1 is 1.41 bits per heavy atom. The number of ether oxygens (including phenoxy) is 2. The first-order chi connectivity index (χ1) is 7.82. The van der Waals surface area contributed by atoms with Crippen molar-refractivity contribution in [2.24, 2.45) is 0 Å². The minimum Gasteiger partial charge on any atom is -0.457 e. The van der Waals surface area contributed by atoms with Gasteiger partial charge in [-0.05, 0) is 20.8 Å². The molecule has 0 radical (unpaired) electrons. The van der Waals surface area contributed by atoms with Crippen LogP contribution in [0.3, 0.4) is 0 Å². The quantitative estimate of drug-likeness (QED) is 0.502. The summed E-state index contributed by atoms with van der Waals surface area (Å²) in [7, 11) is 1.46. The van der Waals surface area contributed by atoms with Crippen molar-refractivity contribution in [3.8, 4) is 0 Å². The van der Waals surface area contributed by atoms with E-state index in [0.717, 1.165) is 0 Å². The van der Waals surface area contributed by atoms with Gasteiger partial charge in [-0.15, -0.1) is 0 Å². The summed E-state index contributed by atoms with van der Waals surface area (Å²) in [6, 6.07) is 0. The van der Waals surface area contributed by atoms with Crippen LogP contribution >= 0.6 is 0 Å². The van der Waals surface area contributed by atoms with E-state index in [9.17, 15) is 9.59 Å². The number of hydrogen-bond donors (Lipinski definition) is 2. The topological polar surface area (TPSA) is 76.7 Å². The monoisotopic (exact) mass is 244 g/mol. The number of likely N-dealkylation sites (N-methyl/N-ethyl adjacent to an activating group) is 1. The molecule has 17 heavy (non-hydrogen) atoms. The molecule has 0 aromatic carbocycles. The summed E-state index contributed by atoms with van der Waals surface area (Å²) in [5.41, 5.74) is -2.22. The molecule has 6 nitrogen and oxygen atoms in total. The van der Waals surface area contributed by atoms with Crippen LogP contribution in [-0.2, 0) is 19.1 Å². The Labute approximate surface area is 101 Å². The van der Waals surface area contributed by atoms with E-state index in [1.54, 1.807) is 20.8 Å². The predicted octanol–water partition coefficient (Wildman–Crippen LogP) is -0.567. The Kier molecular flexibility index (Phi) is 4.11. The van der Waals surface area contributed by atoms with Crippen molar-refractivity contribution in [3.05, 3.63) is 0 Å². The average molecular weight is 244 g/mol. The zero-order valence-electron chi connectivity index (χ0n) is 10.8. The lowest BCUT2D eigenvalue weighted by atomic mass is 10.0. The summed E-state index contributed by atoms with van der Waals surface area (Å²) in [5, 5.41) is 5.41. The molecule has 1 unspecified atom stereocenters. The standard InChI is InChI=1S/C11H20N2O4/c1-10(2,3)17-9(15)11(8(14)12-4)7-13-5-6-16-11/h13H,5-7H2,1-4H3,(H,12,14). The maximum atomic E-state index is 12.1. The van der Waals surface area contributed by atoms with Crippen molar-refractivity contribution >= 4 is 11.9 Å². The Bertz CT molecular complexity index is 303. The molecule has 1 atom stereocenters. The van der Waals surface area contributed by atoms with E-state index in [1.807, 2.05) is 0 Å². The molecule has 1 aliphatic rings. The van der Waals surface area contributed by atoms with Crippen molar-refractivity contribution in [2.45, 2.75) is 32.0 Å². The highest BCUT2D eigenvalue weighted by atomic mass is 16.6. The van der Waals surface area contributed by atoms with E-state index in [1.165, 1.54) is 7.05 Å². The van der Waals surface area contributed by atoms with Gasteiger partial charge in [-0.1, -0.05) is 0 Å². The highest BCUT2D eigenvalue weighted by Crippen LogP contribution is 2.20. The zero-order chi connectivity index (χ0) is 13.1. The minimum absolute atomic E-state index is 0.127. The van der Waals surface area contributed by atoms with Crippen LogP contribution in [0.2, 0.25) is 0 Å². The molecule has 1 rings (SSSR count). The molecule has 0 aromatic rings. The van der Waals surface area contributed by atoms with Crippen LogP contribution < -0.4 is 10.6 Å². The summed E-state index contributed by atoms with van der Waals surface area (Å²) in [4.78, 5) is 23.9. The zero-order valence-corrected chi connectivity index (χ0v) is 10.8. The van der Waals surface area contributed by atoms with Crippen LogP contribution in [0.1, 0.15) is 20.8 Å². The number of rotatable bonds is 2. The first-order valence-electron chi connectivity index (χ1n) is 5.62. The van der Waals surface area contributed by atoms with Crippen molar-refractivity contribution in [1.82, 2.24) is 10.6 Å². The van der Waals surface area contributed by atoms with Crippen LogP contribution in [0.4, 0.5) is 0 Å². The van der Waals surface area contributed by atoms with Gasteiger partial charge in [0, 0.05) is 20.1 Å². The van der Waals surface area contributed by atoms with Crippen LogP contribution in [0.15, 0.2) is 0 Å². The van der Waals surface area contributed by atoms with Gasteiger partial charge in [0.15, 0.2) is 0 Å². The van der Waals surface area contributed by atoms with Crippen LogP contribution in [0.25, 0.3) is 0 Å². The summed E-state index contributed by atoms with van der Waals surface area (Å²) >= 11 is 0. The fraction of sp³-hybridized carbons (Fsp3) is 0.818. The molecule has 6 heteroatoms. The van der Waals surface area contributed by atoms with Gasteiger partial charge in [-0.2, -0.15) is 0 Å². The van der Waals surface area contributed by atoms with Gasteiger partial charge in [-0.3, -0.25) is 4.79 Å². The molecule has 0 saturated carbocycles. The van der Waals surface area contributed by atoms with E-state index in [4.69, 9.17) is 9.47 Å². The van der Waals surface area contributed by atoms with Crippen molar-refractivity contribution in [1.29, 1.82) is 0 Å². The van der Waals surface area contributed by atoms with Crippen LogP contribution in [0, 0.1) is 0 Å². The molecule has 1 amide bonds. The maximum absolute atomic E-state index is 12.1. The third-order valence-electron chi connectivity index (χ3n) is 2.32. The second-order valence-electron chi connectivity index (χ2n) is 4.93. The fourth-order valence-electron chi connectivity index (χ4n) is 1.54. The third kappa shape index (κ3) is 3.17. The van der Waals surface area contributed by atoms with Gasteiger partial charge in [0.2, 0.25) is 0 Å². The van der Waals surface area contributed by atoms with E-state index in [0.29, 0.717) is 13.2 Å². The maximum Gasteiger partial charge on any atom is 0.350 e. The number of esters is 1. The number of amides is 1. The lowest BCUT2D eigenvalue weighted by molar-refractivity contribution is -0.190. The second-order valence-corrected chi connectivity index (χ2v) is 4.93. The first kappa shape index (κ1) is 13.9. The van der Waals surface area contributed by atoms with E-state index in [-0.39, 0.29) is 6.54 Å². The number of hydrogen-bond acceptors (Lipinski definition) is 5. The Hall–Kier alpha value is -1.14. The van der Waals surface area contributed by atoms with Crippen LogP contribution in [0.5, 0.6) is 0 Å². The number of morpholine rings is 1. The smallest absolute Gasteiger partial charge is 0.350 e. The van der Waals surface area contributed by atoms with Gasteiger partial charge < -0.3 is 20.1 Å². The van der Waals surface area contributed by atoms with Crippen molar-refractivity contribution < 1.29 is 19.1 Å². The van der Waals surface area contributed by atoms with Crippen molar-refractivity contribution in [2.75, 3.05) is 26.7 Å². The van der Waals surface area contributed by atoms with Gasteiger partial charge in [0.25, 0.3) is 11.5 Å². The Balaban J connectivity index is 2.90. The molecule has 0 spiro atoms. The molecular formula is C11H20N2O4. The molecular weight excluding hydrogens is 224 g/mol.